The van der Waals surface area contributed by atoms with Gasteiger partial charge < -0.3 is 13.8 Å². The molecule has 0 N–H and O–H groups in total. The molecule has 0 saturated carbocycles. The lowest BCUT2D eigenvalue weighted by Crippen LogP contribution is -1.92. The molecule has 3 aromatic heterocycles. The third-order valence-corrected chi connectivity index (χ3v) is 6.27. The predicted molar refractivity (Wildman–Crippen MR) is 122 cm³/mol. The summed E-state index contributed by atoms with van der Waals surface area (Å²) in [6.45, 7) is 0. The van der Waals surface area contributed by atoms with Gasteiger partial charge in [0.2, 0.25) is 5.82 Å². The molecule has 5 nitrogen and oxygen atoms in total. The Morgan fingerprint density at radius 2 is 1.67 bits per heavy atom. The molecule has 0 amide bonds. The van der Waals surface area contributed by atoms with Crippen LogP contribution < -0.4 is 4.74 Å². The molecular weight excluding hydrogens is 462 g/mol. The number of ether oxygens (including phenoxy) is 1. The molecule has 2 aromatic carbocycles. The summed E-state index contributed by atoms with van der Waals surface area (Å²) in [4.78, 5) is 4.72. The van der Waals surface area contributed by atoms with Gasteiger partial charge in [0.1, 0.15) is 10.8 Å². The number of hydrogen-bond acceptors (Lipinski definition) is 5. The van der Waals surface area contributed by atoms with Gasteiger partial charge in [-0.1, -0.05) is 33.2 Å². The fourth-order valence-electron chi connectivity index (χ4n) is 3.24. The van der Waals surface area contributed by atoms with Gasteiger partial charge in [0.05, 0.1) is 12.7 Å². The zero-order valence-electron chi connectivity index (χ0n) is 15.9. The Bertz CT molecular complexity index is 1270. The molecule has 0 aliphatic rings. The minimum absolute atomic E-state index is 0.489. The van der Waals surface area contributed by atoms with E-state index in [4.69, 9.17) is 14.2 Å². The van der Waals surface area contributed by atoms with Crippen LogP contribution in [0.15, 0.2) is 87.4 Å². The van der Waals surface area contributed by atoms with Crippen LogP contribution in [0, 0.1) is 0 Å². The number of aromatic nitrogens is 3. The summed E-state index contributed by atoms with van der Waals surface area (Å²) in [5.74, 6) is 1.87. The zero-order valence-corrected chi connectivity index (χ0v) is 18.4. The van der Waals surface area contributed by atoms with Crippen LogP contribution in [0.5, 0.6) is 5.75 Å². The molecule has 0 aliphatic heterocycles. The van der Waals surface area contributed by atoms with Gasteiger partial charge in [0.15, 0.2) is 0 Å². The Morgan fingerprint density at radius 3 is 2.37 bits per heavy atom. The van der Waals surface area contributed by atoms with Crippen molar-refractivity contribution in [1.29, 1.82) is 0 Å². The van der Waals surface area contributed by atoms with E-state index in [0.717, 1.165) is 37.5 Å². The SMILES string of the molecule is COc1ccc(-c2csc(-n3cccc3)c2-c2noc(-c3ccc(Br)cc3)n2)cc1. The van der Waals surface area contributed by atoms with E-state index >= 15 is 0 Å². The van der Waals surface area contributed by atoms with Crippen molar-refractivity contribution in [1.82, 2.24) is 14.7 Å². The van der Waals surface area contributed by atoms with E-state index < -0.39 is 0 Å². The summed E-state index contributed by atoms with van der Waals surface area (Å²) in [5.41, 5.74) is 3.93. The number of halogens is 1. The van der Waals surface area contributed by atoms with Crippen molar-refractivity contribution < 1.29 is 9.26 Å². The van der Waals surface area contributed by atoms with E-state index in [-0.39, 0.29) is 0 Å². The standard InChI is InChI=1S/C23H16BrN3O2S/c1-28-18-10-6-15(7-11-18)19-14-30-23(27-12-2-3-13-27)20(19)21-25-22(29-26-21)16-4-8-17(24)9-5-16/h2-14H,1H3. The van der Waals surface area contributed by atoms with Crippen LogP contribution in [-0.2, 0) is 0 Å². The van der Waals surface area contributed by atoms with Crippen molar-refractivity contribution in [2.75, 3.05) is 7.11 Å². The Hall–Kier alpha value is -3.16. The van der Waals surface area contributed by atoms with Crippen LogP contribution in [0.3, 0.4) is 0 Å². The van der Waals surface area contributed by atoms with Gasteiger partial charge in [-0.15, -0.1) is 11.3 Å². The molecule has 0 aliphatic carbocycles. The second-order valence-electron chi connectivity index (χ2n) is 6.58. The van der Waals surface area contributed by atoms with Crippen molar-refractivity contribution in [3.8, 4) is 44.7 Å². The zero-order chi connectivity index (χ0) is 20.5. The van der Waals surface area contributed by atoms with Crippen molar-refractivity contribution >= 4 is 27.3 Å². The summed E-state index contributed by atoms with van der Waals surface area (Å²) >= 11 is 5.10. The predicted octanol–water partition coefficient (Wildman–Crippen LogP) is 6.69. The highest BCUT2D eigenvalue weighted by molar-refractivity contribution is 9.10. The van der Waals surface area contributed by atoms with Gasteiger partial charge in [0, 0.05) is 33.4 Å². The molecule has 0 saturated heterocycles. The quantitative estimate of drug-likeness (QED) is 0.282. The van der Waals surface area contributed by atoms with E-state index in [1.807, 2.05) is 73.1 Å². The van der Waals surface area contributed by atoms with E-state index in [1.165, 1.54) is 0 Å². The first-order chi connectivity index (χ1) is 14.7. The average Bonchev–Trinajstić information content (AvgIpc) is 3.54. The lowest BCUT2D eigenvalue weighted by atomic mass is 10.0. The molecular formula is C23H16BrN3O2S. The highest BCUT2D eigenvalue weighted by atomic mass is 79.9. The van der Waals surface area contributed by atoms with E-state index in [1.54, 1.807) is 18.4 Å². The molecule has 148 valence electrons. The number of nitrogens with zero attached hydrogens (tertiary/aromatic N) is 3. The molecule has 30 heavy (non-hydrogen) atoms. The van der Waals surface area contributed by atoms with E-state index in [9.17, 15) is 0 Å². The van der Waals surface area contributed by atoms with Gasteiger partial charge in [0.25, 0.3) is 5.89 Å². The minimum Gasteiger partial charge on any atom is -0.497 e. The largest absolute Gasteiger partial charge is 0.497 e. The van der Waals surface area contributed by atoms with Gasteiger partial charge in [-0.05, 0) is 54.1 Å². The lowest BCUT2D eigenvalue weighted by molar-refractivity contribution is 0.415. The molecule has 3 heterocycles. The molecule has 0 fully saturated rings. The van der Waals surface area contributed by atoms with Gasteiger partial charge >= 0.3 is 0 Å². The van der Waals surface area contributed by atoms with Crippen LogP contribution in [-0.4, -0.2) is 21.8 Å². The highest BCUT2D eigenvalue weighted by Gasteiger charge is 2.22. The van der Waals surface area contributed by atoms with Gasteiger partial charge in [-0.25, -0.2) is 0 Å². The third-order valence-electron chi connectivity index (χ3n) is 4.75. The van der Waals surface area contributed by atoms with Crippen LogP contribution in [0.4, 0.5) is 0 Å². The smallest absolute Gasteiger partial charge is 0.258 e. The molecule has 0 spiro atoms. The Kier molecular flexibility index (Phi) is 4.98. The van der Waals surface area contributed by atoms with E-state index in [2.05, 4.69) is 31.0 Å². The lowest BCUT2D eigenvalue weighted by Gasteiger charge is -2.06. The number of thiophene rings is 1. The van der Waals surface area contributed by atoms with Crippen molar-refractivity contribution in [2.24, 2.45) is 0 Å². The molecule has 5 aromatic rings. The second kappa shape index (κ2) is 7.93. The summed E-state index contributed by atoms with van der Waals surface area (Å²) in [6.07, 6.45) is 4.03. The first-order valence-corrected chi connectivity index (χ1v) is 10.9. The fraction of sp³-hybridized carbons (Fsp3) is 0.0435. The monoisotopic (exact) mass is 477 g/mol. The normalized spacial score (nSPS) is 11.0. The Labute approximate surface area is 185 Å². The van der Waals surface area contributed by atoms with Crippen LogP contribution >= 0.6 is 27.3 Å². The minimum atomic E-state index is 0.489. The van der Waals surface area contributed by atoms with Crippen LogP contribution in [0.1, 0.15) is 0 Å². The summed E-state index contributed by atoms with van der Waals surface area (Å²) < 4.78 is 14.0. The molecule has 5 rings (SSSR count). The first-order valence-electron chi connectivity index (χ1n) is 9.22. The topological polar surface area (TPSA) is 53.1 Å². The maximum absolute atomic E-state index is 5.61. The summed E-state index contributed by atoms with van der Waals surface area (Å²) in [7, 11) is 1.66. The van der Waals surface area contributed by atoms with Crippen LogP contribution in [0.25, 0.3) is 39.0 Å². The Balaban J connectivity index is 1.64. The maximum Gasteiger partial charge on any atom is 0.258 e. The van der Waals surface area contributed by atoms with E-state index in [0.29, 0.717) is 11.7 Å². The number of rotatable bonds is 5. The average molecular weight is 478 g/mol. The second-order valence-corrected chi connectivity index (χ2v) is 8.35. The summed E-state index contributed by atoms with van der Waals surface area (Å²) in [6, 6.07) is 19.8. The number of hydrogen-bond donors (Lipinski definition) is 0. The van der Waals surface area contributed by atoms with Gasteiger partial charge in [-0.2, -0.15) is 4.98 Å². The fourth-order valence-corrected chi connectivity index (χ4v) is 4.55. The molecule has 0 atom stereocenters. The third kappa shape index (κ3) is 3.46. The molecule has 0 bridgehead atoms. The number of methoxy groups -OCH3 is 1. The van der Waals surface area contributed by atoms with Crippen molar-refractivity contribution in [3.05, 3.63) is 82.9 Å². The van der Waals surface area contributed by atoms with Crippen molar-refractivity contribution in [2.45, 2.75) is 0 Å². The Morgan fingerprint density at radius 1 is 0.967 bits per heavy atom. The number of benzene rings is 2. The molecule has 0 unspecified atom stereocenters. The highest BCUT2D eigenvalue weighted by Crippen LogP contribution is 2.41. The van der Waals surface area contributed by atoms with Gasteiger partial charge in [-0.3, -0.25) is 0 Å². The van der Waals surface area contributed by atoms with Crippen molar-refractivity contribution in [3.63, 3.8) is 0 Å². The first kappa shape index (κ1) is 18.8. The maximum atomic E-state index is 5.61. The molecule has 0 radical (unpaired) electrons. The van der Waals surface area contributed by atoms with Crippen LogP contribution in [0.2, 0.25) is 0 Å². The summed E-state index contributed by atoms with van der Waals surface area (Å²) in [5, 5.41) is 7.48. The molecule has 7 heteroatoms.